The van der Waals surface area contributed by atoms with Gasteiger partial charge in [-0.1, -0.05) is 38.1 Å². The number of phenolic OH excluding ortho intramolecular Hbond substituents is 2. The number of ether oxygens (including phenoxy) is 2. The molecule has 0 aromatic heterocycles. The van der Waals surface area contributed by atoms with Crippen LogP contribution in [-0.2, 0) is 19.3 Å². The predicted molar refractivity (Wildman–Crippen MR) is 298 cm³/mol. The van der Waals surface area contributed by atoms with E-state index in [2.05, 4.69) is 40.9 Å². The minimum Gasteiger partial charge on any atom is -0.508 e. The Bertz CT molecular complexity index is 3810. The summed E-state index contributed by atoms with van der Waals surface area (Å²) >= 11 is 0. The van der Waals surface area contributed by atoms with Gasteiger partial charge in [-0.2, -0.15) is 40.9 Å². The van der Waals surface area contributed by atoms with Gasteiger partial charge in [-0.25, -0.2) is 0 Å². The normalized spacial score (nSPS) is 11.5. The summed E-state index contributed by atoms with van der Waals surface area (Å²) in [4.78, 5) is 44.0. The molecule has 81 heavy (non-hydrogen) atoms. The zero-order valence-electron chi connectivity index (χ0n) is 43.3. The van der Waals surface area contributed by atoms with Gasteiger partial charge in [0.1, 0.15) is 23.0 Å². The van der Waals surface area contributed by atoms with Crippen LogP contribution >= 0.6 is 0 Å². The fraction of sp³-hybridized carbons (Fsp3) is 0.158. The smallest absolute Gasteiger partial charge is 0.271 e. The van der Waals surface area contributed by atoms with E-state index in [1.807, 2.05) is 13.8 Å². The van der Waals surface area contributed by atoms with Gasteiger partial charge < -0.3 is 19.7 Å². The number of azo groups is 4. The van der Waals surface area contributed by atoms with Gasteiger partial charge in [-0.05, 0) is 97.8 Å². The molecule has 0 aliphatic rings. The van der Waals surface area contributed by atoms with Crippen molar-refractivity contribution in [2.45, 2.75) is 46.0 Å². The molecule has 8 aromatic rings. The van der Waals surface area contributed by atoms with Crippen LogP contribution in [0.1, 0.15) is 60.1 Å². The first-order valence-corrected chi connectivity index (χ1v) is 25.0. The Kier molecular flexibility index (Phi) is 18.3. The van der Waals surface area contributed by atoms with Crippen molar-refractivity contribution in [2.75, 3.05) is 13.2 Å². The van der Waals surface area contributed by atoms with Crippen LogP contribution in [0.25, 0.3) is 0 Å². The largest absolute Gasteiger partial charge is 0.508 e. The van der Waals surface area contributed by atoms with E-state index in [-0.39, 0.29) is 94.2 Å². The Morgan fingerprint density at radius 1 is 0.370 bits per heavy atom. The van der Waals surface area contributed by atoms with Crippen LogP contribution < -0.4 is 9.47 Å². The number of aromatic hydroxyl groups is 2. The molecule has 0 saturated carbocycles. The number of hydrogen-bond acceptors (Lipinski definition) is 20. The molecule has 0 atom stereocenters. The highest BCUT2D eigenvalue weighted by Gasteiger charge is 2.21. The number of phenols is 2. The Hall–Kier alpha value is -11.0. The highest BCUT2D eigenvalue weighted by Crippen LogP contribution is 2.41. The second kappa shape index (κ2) is 26.3. The van der Waals surface area contributed by atoms with Crippen molar-refractivity contribution in [3.05, 3.63) is 232 Å². The maximum atomic E-state index is 12.5. The molecule has 0 saturated heterocycles. The first kappa shape index (κ1) is 56.2. The maximum Gasteiger partial charge on any atom is 0.271 e. The van der Waals surface area contributed by atoms with Crippen LogP contribution in [0.4, 0.5) is 68.2 Å². The summed E-state index contributed by atoms with van der Waals surface area (Å²) in [5.41, 5.74) is 3.80. The van der Waals surface area contributed by atoms with Gasteiger partial charge in [0, 0.05) is 101 Å². The van der Waals surface area contributed by atoms with Gasteiger partial charge in [0.05, 0.1) is 78.4 Å². The summed E-state index contributed by atoms with van der Waals surface area (Å²) in [7, 11) is 0. The third-order valence-corrected chi connectivity index (χ3v) is 11.9. The average molecular weight is 1090 g/mol. The van der Waals surface area contributed by atoms with Gasteiger partial charge in [0.2, 0.25) is 0 Å². The lowest BCUT2D eigenvalue weighted by atomic mass is 9.93. The molecule has 0 spiro atoms. The number of hydrogen-bond donors (Lipinski definition) is 2. The quantitative estimate of drug-likeness (QED) is 0.0324. The molecule has 0 aliphatic carbocycles. The second-order valence-corrected chi connectivity index (χ2v) is 17.9. The van der Waals surface area contributed by atoms with Crippen LogP contribution in [0.15, 0.2) is 199 Å². The lowest BCUT2D eigenvalue weighted by Crippen LogP contribution is -2.05. The minimum absolute atomic E-state index is 0.00228. The predicted octanol–water partition coefficient (Wildman–Crippen LogP) is 16.7. The van der Waals surface area contributed by atoms with Crippen LogP contribution in [-0.4, -0.2) is 43.1 Å². The van der Waals surface area contributed by atoms with Crippen LogP contribution in [0, 0.1) is 40.5 Å². The summed E-state index contributed by atoms with van der Waals surface area (Å²) in [6.45, 7) is 4.43. The average Bonchev–Trinajstić information content (AvgIpc) is 3.46. The molecule has 8 aromatic carbocycles. The molecule has 408 valence electrons. The second-order valence-electron chi connectivity index (χ2n) is 17.9. The molecule has 24 nitrogen and oxygen atoms in total. The van der Waals surface area contributed by atoms with Crippen LogP contribution in [0.3, 0.4) is 0 Å². The summed E-state index contributed by atoms with van der Waals surface area (Å²) < 4.78 is 12.7. The first-order valence-electron chi connectivity index (χ1n) is 25.0. The Balaban J connectivity index is 1.26. The van der Waals surface area contributed by atoms with E-state index < -0.39 is 19.7 Å². The molecule has 8 rings (SSSR count). The fourth-order valence-electron chi connectivity index (χ4n) is 8.16. The van der Waals surface area contributed by atoms with Gasteiger partial charge in [-0.15, -0.1) is 0 Å². The zero-order valence-corrected chi connectivity index (χ0v) is 43.3. The van der Waals surface area contributed by atoms with Crippen molar-refractivity contribution in [3.8, 4) is 23.0 Å². The van der Waals surface area contributed by atoms with E-state index in [4.69, 9.17) is 9.47 Å². The molecule has 0 amide bonds. The summed E-state index contributed by atoms with van der Waals surface area (Å²) in [5, 5.41) is 105. The Labute approximate surface area is 460 Å². The number of nitrogens with zero attached hydrogens (tertiary/aromatic N) is 12. The van der Waals surface area contributed by atoms with E-state index in [1.54, 1.807) is 72.8 Å². The Morgan fingerprint density at radius 2 is 0.691 bits per heavy atom. The molecule has 0 bridgehead atoms. The van der Waals surface area contributed by atoms with E-state index >= 15 is 0 Å². The summed E-state index contributed by atoms with van der Waals surface area (Å²) in [5.74, 6) is 0.545. The van der Waals surface area contributed by atoms with E-state index in [0.29, 0.717) is 75.7 Å². The third-order valence-electron chi connectivity index (χ3n) is 11.9. The highest BCUT2D eigenvalue weighted by atomic mass is 16.6. The molecular formula is C57H48N12O12. The molecule has 0 aliphatic heterocycles. The molecule has 2 N–H and O–H groups in total. The van der Waals surface area contributed by atoms with E-state index in [1.165, 1.54) is 84.9 Å². The molecular weight excluding hydrogens is 1040 g/mol. The van der Waals surface area contributed by atoms with Crippen molar-refractivity contribution in [2.24, 2.45) is 40.9 Å². The topological polar surface area (TPSA) is 330 Å². The zero-order chi connectivity index (χ0) is 57.4. The number of non-ortho nitro benzene ring substituents is 4. The minimum atomic E-state index is -0.554. The monoisotopic (exact) mass is 1090 g/mol. The summed E-state index contributed by atoms with van der Waals surface area (Å²) in [6.07, 6.45) is 1.20. The van der Waals surface area contributed by atoms with E-state index in [9.17, 15) is 50.7 Å². The lowest BCUT2D eigenvalue weighted by molar-refractivity contribution is -0.385. The lowest BCUT2D eigenvalue weighted by Gasteiger charge is -2.19. The number of nitro groups is 4. The first-order chi connectivity index (χ1) is 39.1. The molecule has 24 heteroatoms. The van der Waals surface area contributed by atoms with E-state index in [0.717, 1.165) is 0 Å². The molecule has 0 unspecified atom stereocenters. The maximum absolute atomic E-state index is 12.5. The number of rotatable bonds is 24. The van der Waals surface area contributed by atoms with Gasteiger partial charge >= 0.3 is 0 Å². The van der Waals surface area contributed by atoms with Crippen molar-refractivity contribution in [1.29, 1.82) is 0 Å². The van der Waals surface area contributed by atoms with Gasteiger partial charge in [0.15, 0.2) is 0 Å². The van der Waals surface area contributed by atoms with Crippen molar-refractivity contribution in [1.82, 2.24) is 0 Å². The number of nitro benzene ring substituents is 4. The van der Waals surface area contributed by atoms with Crippen molar-refractivity contribution < 1.29 is 39.4 Å². The molecule has 0 fully saturated rings. The van der Waals surface area contributed by atoms with Crippen molar-refractivity contribution in [3.63, 3.8) is 0 Å². The standard InChI is InChI=1S/C57H48N12O12/c1-3-21-80-55-20-18-47(63-59-43-10-6-14-51(33-43)67(74)75)27-37(55)24-38-28-48(64-60-44-11-7-15-52(34-44)68(76)77)29-39(56(38)71)25-41-31-49(65-61-45-12-8-16-53(35-45)69(78)79)30-40(57(41)81-22-4-2)23-36-26-46(17-19-54(36)70)62-58-42-9-5-13-50(32-42)66(72)73/h5-20,26-35,70-71H,3-4,21-25H2,1-2H3. The SMILES string of the molecule is CCCOc1ccc(N=Nc2cccc([N+](=O)[O-])c2)cc1Cc1cc(N=Nc2cccc([N+](=O)[O-])c2)cc(Cc2cc(N=Nc3cccc([N+](=O)[O-])c3)cc(Cc3cc(N=Nc4cccc([N+](=O)[O-])c4)ccc3O)c2OCCC)c1O. The molecule has 0 heterocycles. The van der Waals surface area contributed by atoms with Gasteiger partial charge in [-0.3, -0.25) is 40.5 Å². The van der Waals surface area contributed by atoms with Gasteiger partial charge in [0.25, 0.3) is 22.7 Å². The fourth-order valence-corrected chi connectivity index (χ4v) is 8.16. The van der Waals surface area contributed by atoms with Crippen LogP contribution in [0.5, 0.6) is 23.0 Å². The Morgan fingerprint density at radius 3 is 1.10 bits per heavy atom. The molecule has 0 radical (unpaired) electrons. The third kappa shape index (κ3) is 15.1. The van der Waals surface area contributed by atoms with Crippen LogP contribution in [0.2, 0.25) is 0 Å². The highest BCUT2D eigenvalue weighted by molar-refractivity contribution is 5.62. The number of benzene rings is 8. The summed E-state index contributed by atoms with van der Waals surface area (Å²) in [6, 6.07) is 38.7. The van der Waals surface area contributed by atoms with Crippen molar-refractivity contribution >= 4 is 68.2 Å².